The number of Topliss-reactive ketones (excluding diaryl/α,β-unsaturated/α-hetero) is 1. The number of nitrogens with two attached hydrogens (primary N) is 2. The summed E-state index contributed by atoms with van der Waals surface area (Å²) >= 11 is 0. The summed E-state index contributed by atoms with van der Waals surface area (Å²) in [6, 6.07) is 12.1. The van der Waals surface area contributed by atoms with Gasteiger partial charge in [0.15, 0.2) is 11.4 Å². The van der Waals surface area contributed by atoms with Gasteiger partial charge in [0.2, 0.25) is 5.91 Å². The normalized spacial score (nSPS) is 15.7. The van der Waals surface area contributed by atoms with Gasteiger partial charge in [-0.1, -0.05) is 39.8 Å². The minimum absolute atomic E-state index is 0.0374. The second-order valence-electron chi connectivity index (χ2n) is 17.1. The Balaban J connectivity index is 1.01. The van der Waals surface area contributed by atoms with Crippen molar-refractivity contribution in [2.75, 3.05) is 39.0 Å². The average Bonchev–Trinajstić information content (AvgIpc) is 3.66. The fraction of sp³-hybridized carbons (Fsp3) is 0.447. The summed E-state index contributed by atoms with van der Waals surface area (Å²) in [6.07, 6.45) is 0.0402. The SMILES string of the molecule is CCc1c2c(nc3ccc(OC(=O)N(C)CCN(C)C(=O)OCc4ccc(NC(=O)[C@H](CCCNC(N)=O)CC(=O)[C@@H](N)C(C)C)cc4)cc13)-c1cc3c(c(=O)n1C2)COC(=O)[C@]3(O)CC. The number of aromatic nitrogens is 2. The molecule has 352 valence electrons. The van der Waals surface area contributed by atoms with Crippen molar-refractivity contribution >= 4 is 52.5 Å². The Kier molecular flexibility index (Phi) is 15.1. The van der Waals surface area contributed by atoms with Crippen LogP contribution in [-0.4, -0.2) is 100 Å². The number of rotatable bonds is 18. The molecule has 0 aliphatic carbocycles. The van der Waals surface area contributed by atoms with Crippen LogP contribution in [0.4, 0.5) is 20.1 Å². The number of pyridine rings is 2. The number of hydrogen-bond acceptors (Lipinski definition) is 13. The van der Waals surface area contributed by atoms with Crippen LogP contribution in [0.2, 0.25) is 0 Å². The molecule has 4 heterocycles. The summed E-state index contributed by atoms with van der Waals surface area (Å²) in [5, 5.41) is 17.3. The van der Waals surface area contributed by atoms with Crippen molar-refractivity contribution in [1.29, 1.82) is 0 Å². The topological polar surface area (TPSA) is 268 Å². The number of esters is 1. The Labute approximate surface area is 381 Å². The lowest BCUT2D eigenvalue weighted by Gasteiger charge is -2.31. The first-order valence-corrected chi connectivity index (χ1v) is 22.0. The van der Waals surface area contributed by atoms with E-state index in [1.165, 1.54) is 9.80 Å². The van der Waals surface area contributed by atoms with Crippen LogP contribution < -0.4 is 32.4 Å². The van der Waals surface area contributed by atoms with Crippen molar-refractivity contribution in [3.05, 3.63) is 86.7 Å². The zero-order valence-corrected chi connectivity index (χ0v) is 38.1. The molecule has 0 unspecified atom stereocenters. The number of likely N-dealkylation sites (N-methyl/N-ethyl adjacent to an activating group) is 2. The van der Waals surface area contributed by atoms with Crippen molar-refractivity contribution in [1.82, 2.24) is 24.7 Å². The number of hydrogen-bond donors (Lipinski definition) is 5. The number of ketones is 1. The zero-order chi connectivity index (χ0) is 48.0. The van der Waals surface area contributed by atoms with Crippen LogP contribution in [0.3, 0.4) is 0 Å². The highest BCUT2D eigenvalue weighted by atomic mass is 16.6. The molecule has 19 heteroatoms. The van der Waals surface area contributed by atoms with Gasteiger partial charge in [-0.2, -0.15) is 0 Å². The standard InChI is InChI=1S/C47H58N8O11/c1-7-31-32-21-30(15-16-36(32)52-40-33(31)23-55-37(40)22-35-34(42(55)58)25-64-43(59)47(35,63)8-2)66-46(62)54(6)19-18-53(5)45(61)65-24-27-11-13-29(14-12-27)51-41(57)28(10-9-17-50-44(49)60)20-38(56)39(48)26(3)4/h11-16,21-22,26,28,39,63H,7-10,17-20,23-25,48H2,1-6H3,(H,51,57)(H3,49,50,60)/t28-,39+,47+/m1/s1. The molecule has 7 N–H and O–H groups in total. The number of primary amides is 1. The largest absolute Gasteiger partial charge is 0.458 e. The summed E-state index contributed by atoms with van der Waals surface area (Å²) in [4.78, 5) is 97.0. The second kappa shape index (κ2) is 20.5. The van der Waals surface area contributed by atoms with Crippen LogP contribution in [0.15, 0.2) is 53.3 Å². The fourth-order valence-corrected chi connectivity index (χ4v) is 8.09. The quantitative estimate of drug-likeness (QED) is 0.0608. The van der Waals surface area contributed by atoms with Crippen molar-refractivity contribution in [2.24, 2.45) is 23.3 Å². The molecule has 0 radical (unpaired) electrons. The number of amides is 5. The van der Waals surface area contributed by atoms with Gasteiger partial charge in [-0.15, -0.1) is 0 Å². The summed E-state index contributed by atoms with van der Waals surface area (Å²) in [5.74, 6) is -1.88. The van der Waals surface area contributed by atoms with Crippen molar-refractivity contribution in [3.8, 4) is 17.1 Å². The molecule has 2 aliphatic heterocycles. The smallest absolute Gasteiger partial charge is 0.415 e. The number of nitrogens with one attached hydrogen (secondary N) is 2. The molecule has 5 amide bonds. The van der Waals surface area contributed by atoms with Gasteiger partial charge in [-0.05, 0) is 79.1 Å². The third-order valence-corrected chi connectivity index (χ3v) is 12.3. The van der Waals surface area contributed by atoms with E-state index in [1.54, 1.807) is 74.1 Å². The van der Waals surface area contributed by atoms with E-state index in [9.17, 15) is 38.7 Å². The first kappa shape index (κ1) is 48.6. The second-order valence-corrected chi connectivity index (χ2v) is 17.1. The van der Waals surface area contributed by atoms with Gasteiger partial charge in [-0.25, -0.2) is 24.2 Å². The van der Waals surface area contributed by atoms with Gasteiger partial charge in [0.1, 0.15) is 19.0 Å². The van der Waals surface area contributed by atoms with Crippen molar-refractivity contribution < 1.29 is 48.1 Å². The molecule has 4 aromatic rings. The lowest BCUT2D eigenvalue weighted by molar-refractivity contribution is -0.172. The number of carbonyl (C=O) groups excluding carboxylic acids is 6. The average molecular weight is 911 g/mol. The molecular weight excluding hydrogens is 853 g/mol. The molecule has 3 atom stereocenters. The first-order chi connectivity index (χ1) is 31.4. The number of benzene rings is 2. The van der Waals surface area contributed by atoms with Crippen LogP contribution >= 0.6 is 0 Å². The maximum absolute atomic E-state index is 13.7. The summed E-state index contributed by atoms with van der Waals surface area (Å²) in [6.45, 7) is 7.76. The Morgan fingerprint density at radius 1 is 0.985 bits per heavy atom. The van der Waals surface area contributed by atoms with Gasteiger partial charge in [0.05, 0.1) is 35.1 Å². The Bertz CT molecular complexity index is 2600. The van der Waals surface area contributed by atoms with Crippen LogP contribution in [0.25, 0.3) is 22.3 Å². The van der Waals surface area contributed by atoms with Crippen molar-refractivity contribution in [3.63, 3.8) is 0 Å². The predicted molar refractivity (Wildman–Crippen MR) is 243 cm³/mol. The highest BCUT2D eigenvalue weighted by molar-refractivity contribution is 5.96. The van der Waals surface area contributed by atoms with E-state index >= 15 is 0 Å². The minimum Gasteiger partial charge on any atom is -0.458 e. The molecule has 0 fully saturated rings. The number of fused-ring (bicyclic) bond motifs is 5. The number of urea groups is 1. The number of aliphatic hydroxyl groups is 1. The van der Waals surface area contributed by atoms with E-state index in [2.05, 4.69) is 10.6 Å². The van der Waals surface area contributed by atoms with E-state index in [4.69, 9.17) is 30.7 Å². The third-order valence-electron chi connectivity index (χ3n) is 12.3. The summed E-state index contributed by atoms with van der Waals surface area (Å²) in [5.41, 5.74) is 13.9. The molecule has 6 rings (SSSR count). The number of carbonyl (C=O) groups is 6. The molecule has 66 heavy (non-hydrogen) atoms. The molecule has 19 nitrogen and oxygen atoms in total. The van der Waals surface area contributed by atoms with Crippen LogP contribution in [0, 0.1) is 11.8 Å². The van der Waals surface area contributed by atoms with E-state index in [1.807, 2.05) is 20.8 Å². The van der Waals surface area contributed by atoms with Crippen LogP contribution in [0.1, 0.15) is 81.2 Å². The van der Waals surface area contributed by atoms with Crippen LogP contribution in [0.5, 0.6) is 5.75 Å². The predicted octanol–water partition coefficient (Wildman–Crippen LogP) is 4.29. The summed E-state index contributed by atoms with van der Waals surface area (Å²) < 4.78 is 18.0. The van der Waals surface area contributed by atoms with E-state index in [0.29, 0.717) is 47.4 Å². The van der Waals surface area contributed by atoms with E-state index in [0.717, 1.165) is 16.5 Å². The number of aryl methyl sites for hydroxylation is 1. The van der Waals surface area contributed by atoms with E-state index < -0.39 is 41.7 Å². The molecule has 2 aromatic heterocycles. The zero-order valence-electron chi connectivity index (χ0n) is 38.1. The molecule has 2 aromatic carbocycles. The Hall–Kier alpha value is -6.86. The third kappa shape index (κ3) is 10.5. The highest BCUT2D eigenvalue weighted by Crippen LogP contribution is 2.41. The number of nitrogens with zero attached hydrogens (tertiary/aromatic N) is 4. The maximum Gasteiger partial charge on any atom is 0.415 e. The van der Waals surface area contributed by atoms with E-state index in [-0.39, 0.29) is 92.3 Å². The molecule has 0 bridgehead atoms. The fourth-order valence-electron chi connectivity index (χ4n) is 8.09. The lowest BCUT2D eigenvalue weighted by Crippen LogP contribution is -2.44. The number of ether oxygens (including phenoxy) is 3. The Morgan fingerprint density at radius 2 is 1.68 bits per heavy atom. The van der Waals surface area contributed by atoms with Gasteiger partial charge in [-0.3, -0.25) is 14.4 Å². The van der Waals surface area contributed by atoms with Gasteiger partial charge in [0.25, 0.3) is 5.56 Å². The number of anilines is 1. The van der Waals surface area contributed by atoms with Gasteiger partial charge < -0.3 is 55.8 Å². The highest BCUT2D eigenvalue weighted by Gasteiger charge is 2.45. The molecule has 2 aliphatic rings. The first-order valence-electron chi connectivity index (χ1n) is 22.0. The molecule has 0 spiro atoms. The molecule has 0 saturated heterocycles. The van der Waals surface area contributed by atoms with Crippen molar-refractivity contribution in [2.45, 2.75) is 91.2 Å². The minimum atomic E-state index is -1.93. The summed E-state index contributed by atoms with van der Waals surface area (Å²) in [7, 11) is 3.09. The van der Waals surface area contributed by atoms with Crippen LogP contribution in [-0.2, 0) is 55.6 Å². The monoisotopic (exact) mass is 910 g/mol. The van der Waals surface area contributed by atoms with Gasteiger partial charge in [0, 0.05) is 68.3 Å². The number of cyclic esters (lactones) is 1. The maximum atomic E-state index is 13.7. The molecule has 0 saturated carbocycles. The lowest BCUT2D eigenvalue weighted by atomic mass is 9.86. The molecular formula is C47H58N8O11. The van der Waals surface area contributed by atoms with Gasteiger partial charge >= 0.3 is 24.2 Å². The Morgan fingerprint density at radius 3 is 2.33 bits per heavy atom.